The van der Waals surface area contributed by atoms with Crippen molar-refractivity contribution >= 4 is 26.5 Å². The van der Waals surface area contributed by atoms with Gasteiger partial charge in [-0.1, -0.05) is 24.3 Å². The lowest BCUT2D eigenvalue weighted by Crippen LogP contribution is -2.41. The molecule has 1 saturated carbocycles. The van der Waals surface area contributed by atoms with Crippen LogP contribution in [0.2, 0.25) is 0 Å². The van der Waals surface area contributed by atoms with Crippen molar-refractivity contribution in [2.45, 2.75) is 44.8 Å². The van der Waals surface area contributed by atoms with Gasteiger partial charge in [-0.05, 0) is 80.9 Å². The molecule has 0 radical (unpaired) electrons. The minimum Gasteiger partial charge on any atom is -0.493 e. The summed E-state index contributed by atoms with van der Waals surface area (Å²) in [6, 6.07) is 9.38. The van der Waals surface area contributed by atoms with Crippen molar-refractivity contribution in [3.8, 4) is 5.75 Å². The van der Waals surface area contributed by atoms with Crippen LogP contribution in [0, 0.1) is 12.8 Å². The summed E-state index contributed by atoms with van der Waals surface area (Å²) in [6.45, 7) is 6.34. The summed E-state index contributed by atoms with van der Waals surface area (Å²) >= 11 is 0. The third kappa shape index (κ3) is 3.55. The van der Waals surface area contributed by atoms with E-state index < -0.39 is 20.3 Å². The van der Waals surface area contributed by atoms with Gasteiger partial charge in [-0.3, -0.25) is 4.79 Å². The van der Waals surface area contributed by atoms with Gasteiger partial charge in [0.2, 0.25) is 10.0 Å². The number of nitrogens with zero attached hydrogens (tertiary/aromatic N) is 1. The summed E-state index contributed by atoms with van der Waals surface area (Å²) < 4.78 is 33.7. The van der Waals surface area contributed by atoms with Gasteiger partial charge >= 0.3 is 0 Å². The Hall–Kier alpha value is -3.06. The van der Waals surface area contributed by atoms with Gasteiger partial charge in [0.25, 0.3) is 5.56 Å². The molecule has 1 unspecified atom stereocenters. The summed E-state index contributed by atoms with van der Waals surface area (Å²) in [6.07, 6.45) is 9.66. The number of aromatic nitrogens is 2. The number of allylic oxidation sites excluding steroid dienone is 3. The van der Waals surface area contributed by atoms with Gasteiger partial charge in [0.1, 0.15) is 16.0 Å². The quantitative estimate of drug-likeness (QED) is 0.568. The molecule has 7 heteroatoms. The molecule has 2 aliphatic carbocycles. The first-order valence-corrected chi connectivity index (χ1v) is 12.7. The van der Waals surface area contributed by atoms with Gasteiger partial charge in [0, 0.05) is 23.3 Å². The Morgan fingerprint density at radius 3 is 2.70 bits per heavy atom. The molecule has 0 saturated heterocycles. The van der Waals surface area contributed by atoms with Gasteiger partial charge in [0.05, 0.1) is 6.61 Å². The SMILES string of the molecule is CC1=CC(c2c(C)cccc2OCC2CC2)=CCC1(C)S(=O)(=O)n1ccc2cc[nH]c(=O)c21. The zero-order chi connectivity index (χ0) is 23.4. The number of hydrogen-bond acceptors (Lipinski definition) is 4. The second-order valence-corrected chi connectivity index (χ2v) is 11.6. The van der Waals surface area contributed by atoms with E-state index in [-0.39, 0.29) is 5.52 Å². The van der Waals surface area contributed by atoms with E-state index in [0.29, 0.717) is 24.3 Å². The average molecular weight is 465 g/mol. The molecule has 2 heterocycles. The normalized spacial score (nSPS) is 21.1. The minimum atomic E-state index is -3.90. The van der Waals surface area contributed by atoms with E-state index >= 15 is 0 Å². The molecule has 172 valence electrons. The fraction of sp³-hybridized carbons (Fsp3) is 0.346. The zero-order valence-corrected chi connectivity index (χ0v) is 19.9. The maximum atomic E-state index is 13.8. The largest absolute Gasteiger partial charge is 0.493 e. The van der Waals surface area contributed by atoms with Crippen molar-refractivity contribution < 1.29 is 13.2 Å². The van der Waals surface area contributed by atoms with E-state index in [1.807, 2.05) is 44.2 Å². The number of benzene rings is 1. The van der Waals surface area contributed by atoms with E-state index in [2.05, 4.69) is 4.98 Å². The summed E-state index contributed by atoms with van der Waals surface area (Å²) in [5.74, 6) is 1.48. The second kappa shape index (κ2) is 7.76. The number of aryl methyl sites for hydroxylation is 1. The summed E-state index contributed by atoms with van der Waals surface area (Å²) in [5.41, 5.74) is 3.53. The van der Waals surface area contributed by atoms with Crippen LogP contribution < -0.4 is 10.3 Å². The number of pyridine rings is 1. The zero-order valence-electron chi connectivity index (χ0n) is 19.1. The van der Waals surface area contributed by atoms with Crippen molar-refractivity contribution in [2.75, 3.05) is 6.61 Å². The lowest BCUT2D eigenvalue weighted by atomic mass is 9.86. The molecule has 6 nitrogen and oxygen atoms in total. The number of aromatic amines is 1. The maximum absolute atomic E-state index is 13.8. The summed E-state index contributed by atoms with van der Waals surface area (Å²) in [5, 5.41) is 0.594. The van der Waals surface area contributed by atoms with Gasteiger partial charge in [0.15, 0.2) is 0 Å². The fourth-order valence-electron chi connectivity index (χ4n) is 4.50. The molecule has 2 aliphatic rings. The Balaban J connectivity index is 1.53. The number of nitrogens with one attached hydrogen (secondary N) is 1. The number of hydrogen-bond donors (Lipinski definition) is 1. The smallest absolute Gasteiger partial charge is 0.273 e. The lowest BCUT2D eigenvalue weighted by molar-refractivity contribution is 0.299. The van der Waals surface area contributed by atoms with Gasteiger partial charge in [-0.15, -0.1) is 0 Å². The first-order valence-electron chi connectivity index (χ1n) is 11.3. The van der Waals surface area contributed by atoms with Crippen LogP contribution in [0.3, 0.4) is 0 Å². The number of rotatable bonds is 6. The Morgan fingerprint density at radius 2 is 1.97 bits per heavy atom. The molecule has 0 aliphatic heterocycles. The predicted octanol–water partition coefficient (Wildman–Crippen LogP) is 4.80. The lowest BCUT2D eigenvalue weighted by Gasteiger charge is -2.33. The van der Waals surface area contributed by atoms with Gasteiger partial charge in [-0.25, -0.2) is 12.4 Å². The summed E-state index contributed by atoms with van der Waals surface area (Å²) in [7, 11) is -3.90. The fourth-order valence-corrected chi connectivity index (χ4v) is 6.35. The highest BCUT2D eigenvalue weighted by Gasteiger charge is 2.43. The van der Waals surface area contributed by atoms with Crippen LogP contribution in [0.5, 0.6) is 5.75 Å². The van der Waals surface area contributed by atoms with Crippen LogP contribution >= 0.6 is 0 Å². The van der Waals surface area contributed by atoms with Crippen LogP contribution in [0.4, 0.5) is 0 Å². The summed E-state index contributed by atoms with van der Waals surface area (Å²) in [4.78, 5) is 15.0. The number of ether oxygens (including phenoxy) is 1. The van der Waals surface area contributed by atoms with Crippen molar-refractivity contribution in [3.05, 3.63) is 81.9 Å². The predicted molar refractivity (Wildman–Crippen MR) is 131 cm³/mol. The van der Waals surface area contributed by atoms with Crippen LogP contribution in [0.25, 0.3) is 16.5 Å². The second-order valence-electron chi connectivity index (χ2n) is 9.35. The van der Waals surface area contributed by atoms with Crippen LogP contribution in [-0.4, -0.2) is 28.7 Å². The Kier molecular flexibility index (Phi) is 5.12. The third-order valence-electron chi connectivity index (χ3n) is 7.02. The molecule has 0 spiro atoms. The molecule has 1 fully saturated rings. The molecule has 0 amide bonds. The molecule has 1 aromatic carbocycles. The van der Waals surface area contributed by atoms with Crippen molar-refractivity contribution in [2.24, 2.45) is 5.92 Å². The molecule has 2 aromatic heterocycles. The van der Waals surface area contributed by atoms with E-state index in [0.717, 1.165) is 32.0 Å². The van der Waals surface area contributed by atoms with Crippen molar-refractivity contribution in [1.82, 2.24) is 8.96 Å². The van der Waals surface area contributed by atoms with Crippen LogP contribution in [0.15, 0.2) is 65.2 Å². The van der Waals surface area contributed by atoms with Gasteiger partial charge < -0.3 is 9.72 Å². The Labute approximate surface area is 193 Å². The van der Waals surface area contributed by atoms with Crippen LogP contribution in [-0.2, 0) is 10.0 Å². The van der Waals surface area contributed by atoms with Crippen molar-refractivity contribution in [3.63, 3.8) is 0 Å². The molecule has 3 aromatic rings. The highest BCUT2D eigenvalue weighted by atomic mass is 32.2. The van der Waals surface area contributed by atoms with E-state index in [1.54, 1.807) is 19.1 Å². The first-order chi connectivity index (χ1) is 15.7. The Bertz CT molecular complexity index is 1470. The average Bonchev–Trinajstić information content (AvgIpc) is 3.50. The molecule has 5 rings (SSSR count). The topological polar surface area (TPSA) is 81.2 Å². The van der Waals surface area contributed by atoms with Crippen LogP contribution in [0.1, 0.15) is 44.2 Å². The molecule has 1 atom stereocenters. The number of fused-ring (bicyclic) bond motifs is 1. The molecule has 33 heavy (non-hydrogen) atoms. The van der Waals surface area contributed by atoms with Crippen molar-refractivity contribution in [1.29, 1.82) is 0 Å². The molecule has 1 N–H and O–H groups in total. The Morgan fingerprint density at radius 1 is 1.18 bits per heavy atom. The molecular formula is C26H28N2O4S. The third-order valence-corrected chi connectivity index (χ3v) is 9.47. The van der Waals surface area contributed by atoms with E-state index in [9.17, 15) is 13.2 Å². The first kappa shape index (κ1) is 21.8. The minimum absolute atomic E-state index is 0.149. The maximum Gasteiger partial charge on any atom is 0.273 e. The highest BCUT2D eigenvalue weighted by Crippen LogP contribution is 2.42. The monoisotopic (exact) mass is 464 g/mol. The van der Waals surface area contributed by atoms with E-state index in [4.69, 9.17) is 4.74 Å². The standard InChI is InChI=1S/C26H28N2O4S/c1-17-5-4-6-22(32-16-19-7-8-19)23(17)21-9-12-26(3,18(2)15-21)33(30,31)28-14-11-20-10-13-27-25(29)24(20)28/h4-6,9-11,13-15,19H,7-8,12,16H2,1-3H3,(H,27,29). The van der Waals surface area contributed by atoms with E-state index in [1.165, 1.54) is 25.2 Å². The number of H-pyrrole nitrogens is 1. The highest BCUT2D eigenvalue weighted by molar-refractivity contribution is 7.91. The van der Waals surface area contributed by atoms with Gasteiger partial charge in [-0.2, -0.15) is 0 Å². The molecule has 0 bridgehead atoms. The molecular weight excluding hydrogens is 436 g/mol.